The maximum absolute atomic E-state index is 11.5. The normalized spacial score (nSPS) is 9.62. The first-order valence-corrected chi connectivity index (χ1v) is 5.43. The molecule has 0 radical (unpaired) electrons. The Balaban J connectivity index is 3.24. The van der Waals surface area contributed by atoms with Crippen molar-refractivity contribution in [2.45, 2.75) is 13.5 Å². The van der Waals surface area contributed by atoms with Gasteiger partial charge in [0.15, 0.2) is 0 Å². The molecule has 16 heavy (non-hydrogen) atoms. The lowest BCUT2D eigenvalue weighted by Crippen LogP contribution is -2.09. The summed E-state index contributed by atoms with van der Waals surface area (Å²) < 4.78 is 5.35. The summed E-state index contributed by atoms with van der Waals surface area (Å²) in [6.45, 7) is 1.66. The van der Waals surface area contributed by atoms with Gasteiger partial charge in [0.05, 0.1) is 24.3 Å². The number of rotatable bonds is 3. The molecule has 0 aliphatic heterocycles. The zero-order valence-electron chi connectivity index (χ0n) is 8.66. The Morgan fingerprint density at radius 3 is 2.81 bits per heavy atom. The van der Waals surface area contributed by atoms with Crippen molar-refractivity contribution < 1.29 is 14.6 Å². The molecule has 0 fully saturated rings. The van der Waals surface area contributed by atoms with Crippen molar-refractivity contribution >= 4 is 21.9 Å². The first-order chi connectivity index (χ1) is 7.63. The topological polar surface area (TPSA) is 70.3 Å². The molecule has 0 bridgehead atoms. The first kappa shape index (κ1) is 12.7. The first-order valence-electron chi connectivity index (χ1n) is 4.64. The highest BCUT2D eigenvalue weighted by molar-refractivity contribution is 9.10. The molecule has 0 unspecified atom stereocenters. The van der Waals surface area contributed by atoms with Crippen molar-refractivity contribution in [3.05, 3.63) is 33.3 Å². The van der Waals surface area contributed by atoms with E-state index in [9.17, 15) is 4.79 Å². The van der Waals surface area contributed by atoms with E-state index in [0.717, 1.165) is 0 Å². The van der Waals surface area contributed by atoms with E-state index in [1.54, 1.807) is 6.92 Å². The van der Waals surface area contributed by atoms with Crippen LogP contribution < -0.4 is 0 Å². The summed E-state index contributed by atoms with van der Waals surface area (Å²) in [5.41, 5.74) is 1.03. The van der Waals surface area contributed by atoms with Crippen LogP contribution in [0.25, 0.3) is 0 Å². The number of halogens is 1. The van der Waals surface area contributed by atoms with Gasteiger partial charge in [-0.3, -0.25) is 0 Å². The molecule has 0 amide bonds. The fraction of sp³-hybridized carbons (Fsp3) is 0.273. The van der Waals surface area contributed by atoms with Crippen LogP contribution in [0.3, 0.4) is 0 Å². The van der Waals surface area contributed by atoms with Gasteiger partial charge >= 0.3 is 5.97 Å². The number of nitrogens with zero attached hydrogens (tertiary/aromatic N) is 1. The zero-order chi connectivity index (χ0) is 12.1. The predicted octanol–water partition coefficient (Wildman–Crippen LogP) is 1.99. The Hall–Kier alpha value is -1.38. The van der Waals surface area contributed by atoms with Crippen LogP contribution >= 0.6 is 15.9 Å². The molecule has 1 rings (SSSR count). The molecule has 1 aromatic carbocycles. The Labute approximate surface area is 102 Å². The molecule has 0 heterocycles. The highest BCUT2D eigenvalue weighted by Crippen LogP contribution is 2.22. The quantitative estimate of drug-likeness (QED) is 0.862. The van der Waals surface area contributed by atoms with Crippen molar-refractivity contribution in [1.29, 1.82) is 5.26 Å². The number of carbonyl (C=O) groups excluding carboxylic acids is 1. The van der Waals surface area contributed by atoms with Crippen molar-refractivity contribution in [3.63, 3.8) is 0 Å². The molecule has 84 valence electrons. The largest absolute Gasteiger partial charge is 0.462 e. The lowest BCUT2D eigenvalue weighted by Gasteiger charge is -2.08. The van der Waals surface area contributed by atoms with Gasteiger partial charge in [-0.15, -0.1) is 0 Å². The molecule has 1 N–H and O–H groups in total. The van der Waals surface area contributed by atoms with E-state index >= 15 is 0 Å². The number of ether oxygens (including phenoxy) is 1. The fourth-order valence-electron chi connectivity index (χ4n) is 1.23. The molecular formula is C11H10BrNO3. The van der Waals surface area contributed by atoms with Crippen molar-refractivity contribution in [1.82, 2.24) is 0 Å². The van der Waals surface area contributed by atoms with E-state index < -0.39 is 5.97 Å². The number of carbonyl (C=O) groups is 1. The van der Waals surface area contributed by atoms with E-state index in [2.05, 4.69) is 15.9 Å². The monoisotopic (exact) mass is 283 g/mol. The number of hydrogen-bond donors (Lipinski definition) is 1. The maximum atomic E-state index is 11.5. The SMILES string of the molecule is CCOC(=O)c1cc(Br)c(C#N)cc1CO. The average molecular weight is 284 g/mol. The summed E-state index contributed by atoms with van der Waals surface area (Å²) in [6.07, 6.45) is 0. The van der Waals surface area contributed by atoms with Crippen LogP contribution in [0.4, 0.5) is 0 Å². The summed E-state index contributed by atoms with van der Waals surface area (Å²) in [4.78, 5) is 11.5. The second-order valence-corrected chi connectivity index (χ2v) is 3.83. The van der Waals surface area contributed by atoms with E-state index in [0.29, 0.717) is 15.6 Å². The summed E-state index contributed by atoms with van der Waals surface area (Å²) in [5, 5.41) is 17.9. The van der Waals surface area contributed by atoms with E-state index in [4.69, 9.17) is 15.1 Å². The minimum absolute atomic E-state index is 0.265. The molecule has 0 saturated carbocycles. The van der Waals surface area contributed by atoms with Crippen molar-refractivity contribution in [3.8, 4) is 6.07 Å². The Kier molecular flexibility index (Phi) is 4.47. The number of aliphatic hydroxyl groups excluding tert-OH is 1. The summed E-state index contributed by atoms with van der Waals surface area (Å²) in [6, 6.07) is 4.91. The second kappa shape index (κ2) is 5.64. The second-order valence-electron chi connectivity index (χ2n) is 2.98. The highest BCUT2D eigenvalue weighted by Gasteiger charge is 2.15. The molecule has 1 aromatic rings. The van der Waals surface area contributed by atoms with Gasteiger partial charge in [0, 0.05) is 4.47 Å². The third-order valence-electron chi connectivity index (χ3n) is 1.98. The van der Waals surface area contributed by atoms with Crippen molar-refractivity contribution in [2.24, 2.45) is 0 Å². The van der Waals surface area contributed by atoms with E-state index in [1.165, 1.54) is 12.1 Å². The minimum atomic E-state index is -0.503. The van der Waals surface area contributed by atoms with Gasteiger partial charge in [-0.2, -0.15) is 5.26 Å². The third kappa shape index (κ3) is 2.60. The molecular weight excluding hydrogens is 274 g/mol. The zero-order valence-corrected chi connectivity index (χ0v) is 10.2. The molecule has 0 saturated heterocycles. The molecule has 0 aliphatic rings. The lowest BCUT2D eigenvalue weighted by atomic mass is 10.1. The molecule has 5 heteroatoms. The van der Waals surface area contributed by atoms with Crippen LogP contribution in [-0.2, 0) is 11.3 Å². The summed E-state index contributed by atoms with van der Waals surface area (Å²) in [7, 11) is 0. The fourth-order valence-corrected chi connectivity index (χ4v) is 1.67. The molecule has 4 nitrogen and oxygen atoms in total. The van der Waals surface area contributed by atoms with Gasteiger partial charge in [-0.1, -0.05) is 0 Å². The van der Waals surface area contributed by atoms with Crippen LogP contribution in [0.15, 0.2) is 16.6 Å². The van der Waals surface area contributed by atoms with Gasteiger partial charge < -0.3 is 9.84 Å². The van der Waals surface area contributed by atoms with Crippen molar-refractivity contribution in [2.75, 3.05) is 6.61 Å². The van der Waals surface area contributed by atoms with Crippen LogP contribution in [0, 0.1) is 11.3 Å². The minimum Gasteiger partial charge on any atom is -0.462 e. The highest BCUT2D eigenvalue weighted by atomic mass is 79.9. The summed E-state index contributed by atoms with van der Waals surface area (Å²) >= 11 is 3.18. The van der Waals surface area contributed by atoms with Crippen LogP contribution in [0.2, 0.25) is 0 Å². The third-order valence-corrected chi connectivity index (χ3v) is 2.64. The van der Waals surface area contributed by atoms with Gasteiger partial charge in [-0.05, 0) is 40.5 Å². The Bertz CT molecular complexity index is 451. The number of hydrogen-bond acceptors (Lipinski definition) is 4. The molecule has 0 spiro atoms. The Morgan fingerprint density at radius 1 is 1.62 bits per heavy atom. The molecule has 0 atom stereocenters. The average Bonchev–Trinajstić information content (AvgIpc) is 2.29. The van der Waals surface area contributed by atoms with Gasteiger partial charge in [0.2, 0.25) is 0 Å². The standard InChI is InChI=1S/C11H10BrNO3/c1-2-16-11(15)9-4-10(12)7(5-13)3-8(9)6-14/h3-4,14H,2,6H2,1H3. The van der Waals surface area contributed by atoms with E-state index in [1.807, 2.05) is 6.07 Å². The number of benzene rings is 1. The molecule has 0 aliphatic carbocycles. The predicted molar refractivity (Wildman–Crippen MR) is 60.7 cm³/mol. The van der Waals surface area contributed by atoms with Gasteiger partial charge in [-0.25, -0.2) is 4.79 Å². The smallest absolute Gasteiger partial charge is 0.338 e. The van der Waals surface area contributed by atoms with Crippen LogP contribution in [0.5, 0.6) is 0 Å². The van der Waals surface area contributed by atoms with E-state index in [-0.39, 0.29) is 18.8 Å². The summed E-state index contributed by atoms with van der Waals surface area (Å²) in [5.74, 6) is -0.503. The number of nitriles is 1. The molecule has 0 aromatic heterocycles. The van der Waals surface area contributed by atoms with Crippen LogP contribution in [0.1, 0.15) is 28.4 Å². The number of esters is 1. The van der Waals surface area contributed by atoms with Gasteiger partial charge in [0.1, 0.15) is 6.07 Å². The maximum Gasteiger partial charge on any atom is 0.338 e. The van der Waals surface area contributed by atoms with Gasteiger partial charge in [0.25, 0.3) is 0 Å². The lowest BCUT2D eigenvalue weighted by molar-refractivity contribution is 0.0522. The number of aliphatic hydroxyl groups is 1. The van der Waals surface area contributed by atoms with Crippen LogP contribution in [-0.4, -0.2) is 17.7 Å². The Morgan fingerprint density at radius 2 is 2.31 bits per heavy atom.